The molecule has 0 radical (unpaired) electrons. The minimum absolute atomic E-state index is 0.0331. The Balaban J connectivity index is 1.97. The molecule has 1 aliphatic rings. The van der Waals surface area contributed by atoms with Crippen LogP contribution in [0.15, 0.2) is 24.4 Å². The van der Waals surface area contributed by atoms with Gasteiger partial charge in [-0.15, -0.1) is 0 Å². The second-order valence-electron chi connectivity index (χ2n) is 4.02. The molecule has 1 aliphatic carbocycles. The number of hydrogen-bond acceptors (Lipinski definition) is 3. The zero-order valence-corrected chi connectivity index (χ0v) is 8.93. The van der Waals surface area contributed by atoms with Gasteiger partial charge in [-0.25, -0.2) is 0 Å². The summed E-state index contributed by atoms with van der Waals surface area (Å²) in [6.07, 6.45) is 7.05. The molecule has 2 rings (SSSR count). The Morgan fingerprint density at radius 2 is 2.20 bits per heavy atom. The van der Waals surface area contributed by atoms with E-state index in [0.717, 1.165) is 5.69 Å². The summed E-state index contributed by atoms with van der Waals surface area (Å²) >= 11 is 0. The average molecular weight is 206 g/mol. The van der Waals surface area contributed by atoms with Crippen molar-refractivity contribution in [2.75, 3.05) is 6.54 Å². The number of hydrogen-bond donors (Lipinski definition) is 1. The van der Waals surface area contributed by atoms with E-state index in [1.165, 1.54) is 25.7 Å². The van der Waals surface area contributed by atoms with Crippen molar-refractivity contribution >= 4 is 0 Å². The Hall–Kier alpha value is -0.930. The van der Waals surface area contributed by atoms with Gasteiger partial charge in [-0.05, 0) is 25.0 Å². The molecule has 1 atom stereocenters. The smallest absolute Gasteiger partial charge is 0.112 e. The maximum absolute atomic E-state index is 5.96. The predicted molar refractivity (Wildman–Crippen MR) is 59.4 cm³/mol. The first kappa shape index (κ1) is 10.6. The largest absolute Gasteiger partial charge is 0.367 e. The van der Waals surface area contributed by atoms with Gasteiger partial charge in [0.05, 0.1) is 11.8 Å². The topological polar surface area (TPSA) is 48.1 Å². The van der Waals surface area contributed by atoms with Crippen LogP contribution in [-0.4, -0.2) is 17.6 Å². The summed E-state index contributed by atoms with van der Waals surface area (Å²) in [6.45, 7) is 0.507. The first-order valence-electron chi connectivity index (χ1n) is 5.66. The second-order valence-corrected chi connectivity index (χ2v) is 4.02. The maximum Gasteiger partial charge on any atom is 0.112 e. The van der Waals surface area contributed by atoms with Crippen molar-refractivity contribution in [1.29, 1.82) is 0 Å². The van der Waals surface area contributed by atoms with Gasteiger partial charge in [0.1, 0.15) is 6.10 Å². The molecular formula is C12H18N2O. The molecule has 3 nitrogen and oxygen atoms in total. The monoisotopic (exact) mass is 206 g/mol. The molecule has 15 heavy (non-hydrogen) atoms. The predicted octanol–water partition coefficient (Wildman–Crippen LogP) is 2.04. The van der Waals surface area contributed by atoms with Gasteiger partial charge in [-0.3, -0.25) is 4.98 Å². The normalized spacial score (nSPS) is 19.3. The molecule has 0 spiro atoms. The Kier molecular flexibility index (Phi) is 3.69. The molecule has 1 aromatic rings. The molecule has 0 amide bonds. The third-order valence-corrected chi connectivity index (χ3v) is 2.89. The van der Waals surface area contributed by atoms with E-state index in [9.17, 15) is 0 Å². The van der Waals surface area contributed by atoms with Crippen LogP contribution in [0.3, 0.4) is 0 Å². The summed E-state index contributed by atoms with van der Waals surface area (Å²) in [4.78, 5) is 4.29. The van der Waals surface area contributed by atoms with Gasteiger partial charge in [0.25, 0.3) is 0 Å². The Morgan fingerprint density at radius 3 is 2.80 bits per heavy atom. The van der Waals surface area contributed by atoms with E-state index < -0.39 is 0 Å². The van der Waals surface area contributed by atoms with Crippen molar-refractivity contribution in [1.82, 2.24) is 4.98 Å². The average Bonchev–Trinajstić information content (AvgIpc) is 2.80. The van der Waals surface area contributed by atoms with Crippen molar-refractivity contribution in [2.24, 2.45) is 5.73 Å². The molecule has 1 fully saturated rings. The lowest BCUT2D eigenvalue weighted by atomic mass is 10.2. The number of nitrogens with zero attached hydrogens (tertiary/aromatic N) is 1. The lowest BCUT2D eigenvalue weighted by Crippen LogP contribution is -2.21. The fraction of sp³-hybridized carbons (Fsp3) is 0.583. The number of ether oxygens (including phenoxy) is 1. The number of pyridine rings is 1. The van der Waals surface area contributed by atoms with Gasteiger partial charge in [0.15, 0.2) is 0 Å². The molecule has 0 bridgehead atoms. The molecule has 1 heterocycles. The summed E-state index contributed by atoms with van der Waals surface area (Å²) in [7, 11) is 0. The second kappa shape index (κ2) is 5.24. The van der Waals surface area contributed by atoms with E-state index in [4.69, 9.17) is 10.5 Å². The molecular weight excluding hydrogens is 188 g/mol. The molecule has 0 aromatic carbocycles. The number of nitrogens with two attached hydrogens (primary N) is 1. The number of aromatic nitrogens is 1. The molecule has 2 N–H and O–H groups in total. The van der Waals surface area contributed by atoms with Crippen LogP contribution >= 0.6 is 0 Å². The van der Waals surface area contributed by atoms with E-state index in [1.807, 2.05) is 18.2 Å². The van der Waals surface area contributed by atoms with Crippen LogP contribution in [0.5, 0.6) is 0 Å². The summed E-state index contributed by atoms with van der Waals surface area (Å²) in [5, 5.41) is 0. The molecule has 1 aromatic heterocycles. The van der Waals surface area contributed by atoms with E-state index in [-0.39, 0.29) is 6.10 Å². The van der Waals surface area contributed by atoms with E-state index in [1.54, 1.807) is 6.20 Å². The van der Waals surface area contributed by atoms with Crippen LogP contribution in [0.1, 0.15) is 37.5 Å². The van der Waals surface area contributed by atoms with E-state index in [2.05, 4.69) is 4.98 Å². The highest BCUT2D eigenvalue weighted by Crippen LogP contribution is 2.26. The highest BCUT2D eigenvalue weighted by Gasteiger charge is 2.21. The van der Waals surface area contributed by atoms with Gasteiger partial charge >= 0.3 is 0 Å². The standard InChI is InChI=1S/C12H18N2O/c13-9-12(11-7-3-4-8-14-11)15-10-5-1-2-6-10/h3-4,7-8,10,12H,1-2,5-6,9,13H2. The third kappa shape index (κ3) is 2.76. The molecule has 82 valence electrons. The summed E-state index contributed by atoms with van der Waals surface area (Å²) < 4.78 is 5.96. The van der Waals surface area contributed by atoms with Gasteiger partial charge in [0.2, 0.25) is 0 Å². The van der Waals surface area contributed by atoms with Gasteiger partial charge in [-0.2, -0.15) is 0 Å². The molecule has 1 saturated carbocycles. The Bertz CT molecular complexity index is 283. The van der Waals surface area contributed by atoms with Crippen LogP contribution in [0, 0.1) is 0 Å². The minimum atomic E-state index is -0.0331. The minimum Gasteiger partial charge on any atom is -0.367 e. The van der Waals surface area contributed by atoms with Gasteiger partial charge in [0, 0.05) is 12.7 Å². The van der Waals surface area contributed by atoms with Crippen LogP contribution in [0.4, 0.5) is 0 Å². The van der Waals surface area contributed by atoms with E-state index in [0.29, 0.717) is 12.6 Å². The Labute approximate surface area is 90.7 Å². The zero-order valence-electron chi connectivity index (χ0n) is 8.93. The van der Waals surface area contributed by atoms with Crippen LogP contribution < -0.4 is 5.73 Å². The van der Waals surface area contributed by atoms with Crippen molar-refractivity contribution in [3.63, 3.8) is 0 Å². The summed E-state index contributed by atoms with van der Waals surface area (Å²) in [5.74, 6) is 0. The summed E-state index contributed by atoms with van der Waals surface area (Å²) in [5.41, 5.74) is 6.67. The van der Waals surface area contributed by atoms with Crippen molar-refractivity contribution in [2.45, 2.75) is 37.9 Å². The molecule has 0 aliphatic heterocycles. The SMILES string of the molecule is NCC(OC1CCCC1)c1ccccn1. The molecule has 3 heteroatoms. The summed E-state index contributed by atoms with van der Waals surface area (Å²) in [6, 6.07) is 5.86. The first-order valence-corrected chi connectivity index (χ1v) is 5.66. The first-order chi connectivity index (χ1) is 7.40. The van der Waals surface area contributed by atoms with E-state index >= 15 is 0 Å². The van der Waals surface area contributed by atoms with Crippen molar-refractivity contribution in [3.05, 3.63) is 30.1 Å². The highest BCUT2D eigenvalue weighted by atomic mass is 16.5. The van der Waals surface area contributed by atoms with Crippen LogP contribution in [0.25, 0.3) is 0 Å². The lowest BCUT2D eigenvalue weighted by molar-refractivity contribution is -0.00656. The third-order valence-electron chi connectivity index (χ3n) is 2.89. The van der Waals surface area contributed by atoms with Crippen molar-refractivity contribution < 1.29 is 4.74 Å². The fourth-order valence-corrected chi connectivity index (χ4v) is 2.07. The Morgan fingerprint density at radius 1 is 1.40 bits per heavy atom. The lowest BCUT2D eigenvalue weighted by Gasteiger charge is -2.20. The van der Waals surface area contributed by atoms with Crippen LogP contribution in [-0.2, 0) is 4.74 Å². The fourth-order valence-electron chi connectivity index (χ4n) is 2.07. The van der Waals surface area contributed by atoms with Gasteiger partial charge < -0.3 is 10.5 Å². The highest BCUT2D eigenvalue weighted by molar-refractivity contribution is 5.07. The van der Waals surface area contributed by atoms with Gasteiger partial charge in [-0.1, -0.05) is 18.9 Å². The molecule has 1 unspecified atom stereocenters. The molecule has 0 saturated heterocycles. The zero-order chi connectivity index (χ0) is 10.5. The maximum atomic E-state index is 5.96. The number of rotatable bonds is 4. The van der Waals surface area contributed by atoms with Crippen LogP contribution in [0.2, 0.25) is 0 Å². The quantitative estimate of drug-likeness (QED) is 0.820. The van der Waals surface area contributed by atoms with Crippen molar-refractivity contribution in [3.8, 4) is 0 Å².